The van der Waals surface area contributed by atoms with Crippen LogP contribution in [-0.4, -0.2) is 11.6 Å². The number of rotatable bonds is 4. The minimum Gasteiger partial charge on any atom is -0.273 e. The minimum absolute atomic E-state index is 0.172. The maximum absolute atomic E-state index is 11.8. The van der Waals surface area contributed by atoms with Crippen LogP contribution in [0.1, 0.15) is 17.4 Å². The number of amides is 1. The molecule has 0 aliphatic rings. The fraction of sp³-hybridized carbons (Fsp3) is 0.143. The summed E-state index contributed by atoms with van der Waals surface area (Å²) in [5.41, 5.74) is 4.15. The first-order valence-electron chi connectivity index (χ1n) is 5.88. The molecule has 0 spiro atoms. The van der Waals surface area contributed by atoms with Crippen molar-refractivity contribution < 1.29 is 4.79 Å². The largest absolute Gasteiger partial charge is 0.273 e. The molecule has 1 aromatic carbocycles. The molecule has 104 valence electrons. The average Bonchev–Trinajstić information content (AvgIpc) is 2.85. The molecule has 0 aliphatic carbocycles. The van der Waals surface area contributed by atoms with E-state index in [-0.39, 0.29) is 12.3 Å². The van der Waals surface area contributed by atoms with Gasteiger partial charge in [-0.05, 0) is 36.8 Å². The van der Waals surface area contributed by atoms with Gasteiger partial charge in [0.25, 0.3) is 0 Å². The van der Waals surface area contributed by atoms with Gasteiger partial charge in [0, 0.05) is 5.02 Å². The lowest BCUT2D eigenvalue weighted by Gasteiger charge is -2.02. The van der Waals surface area contributed by atoms with Crippen molar-refractivity contribution >= 4 is 46.2 Å². The van der Waals surface area contributed by atoms with Crippen LogP contribution >= 0.6 is 34.5 Å². The van der Waals surface area contributed by atoms with Gasteiger partial charge in [-0.3, -0.25) is 4.79 Å². The second-order valence-electron chi connectivity index (χ2n) is 4.14. The van der Waals surface area contributed by atoms with E-state index in [9.17, 15) is 4.79 Å². The van der Waals surface area contributed by atoms with Gasteiger partial charge in [-0.15, -0.1) is 11.3 Å². The summed E-state index contributed by atoms with van der Waals surface area (Å²) >= 11 is 13.1. The first-order valence-corrected chi connectivity index (χ1v) is 7.45. The number of carbonyl (C=O) groups is 1. The summed E-state index contributed by atoms with van der Waals surface area (Å²) in [6, 6.07) is 10.8. The second kappa shape index (κ2) is 6.88. The molecule has 1 amide bonds. The summed E-state index contributed by atoms with van der Waals surface area (Å²) < 4.78 is 0.696. The predicted molar refractivity (Wildman–Crippen MR) is 84.8 cm³/mol. The quantitative estimate of drug-likeness (QED) is 0.665. The Labute approximate surface area is 131 Å². The first kappa shape index (κ1) is 15.0. The van der Waals surface area contributed by atoms with Crippen molar-refractivity contribution in [3.05, 3.63) is 56.2 Å². The van der Waals surface area contributed by atoms with Crippen molar-refractivity contribution in [2.75, 3.05) is 0 Å². The van der Waals surface area contributed by atoms with E-state index in [4.69, 9.17) is 23.2 Å². The Morgan fingerprint density at radius 2 is 1.90 bits per heavy atom. The highest BCUT2D eigenvalue weighted by Crippen LogP contribution is 2.21. The van der Waals surface area contributed by atoms with Crippen LogP contribution in [0.15, 0.2) is 41.5 Å². The van der Waals surface area contributed by atoms with Gasteiger partial charge >= 0.3 is 0 Å². The topological polar surface area (TPSA) is 41.5 Å². The zero-order chi connectivity index (χ0) is 14.5. The lowest BCUT2D eigenvalue weighted by Crippen LogP contribution is -2.21. The Morgan fingerprint density at radius 3 is 2.50 bits per heavy atom. The van der Waals surface area contributed by atoms with Gasteiger partial charge in [0.15, 0.2) is 0 Å². The molecule has 0 atom stereocenters. The highest BCUT2D eigenvalue weighted by atomic mass is 35.5. The molecule has 0 unspecified atom stereocenters. The molecule has 0 aliphatic heterocycles. The third-order valence-electron chi connectivity index (χ3n) is 2.56. The van der Waals surface area contributed by atoms with E-state index in [1.165, 1.54) is 11.3 Å². The molecular formula is C14H12Cl2N2OS. The number of hydrogen-bond acceptors (Lipinski definition) is 3. The molecule has 0 bridgehead atoms. The number of hydrogen-bond donors (Lipinski definition) is 1. The summed E-state index contributed by atoms with van der Waals surface area (Å²) in [6.45, 7) is 1.82. The fourth-order valence-corrected chi connectivity index (χ4v) is 2.65. The van der Waals surface area contributed by atoms with E-state index in [1.807, 2.05) is 25.1 Å². The maximum Gasteiger partial charge on any atom is 0.244 e. The summed E-state index contributed by atoms with van der Waals surface area (Å²) in [6.07, 6.45) is 0.263. The zero-order valence-corrected chi connectivity index (χ0v) is 13.0. The van der Waals surface area contributed by atoms with Crippen molar-refractivity contribution in [3.63, 3.8) is 0 Å². The smallest absolute Gasteiger partial charge is 0.244 e. The van der Waals surface area contributed by atoms with Crippen LogP contribution in [0.4, 0.5) is 0 Å². The first-order chi connectivity index (χ1) is 9.54. The molecule has 20 heavy (non-hydrogen) atoms. The van der Waals surface area contributed by atoms with Gasteiger partial charge in [0.2, 0.25) is 5.91 Å². The number of hydrazone groups is 1. The van der Waals surface area contributed by atoms with Gasteiger partial charge in [0.05, 0.1) is 21.3 Å². The van der Waals surface area contributed by atoms with Crippen molar-refractivity contribution in [2.24, 2.45) is 5.10 Å². The average molecular weight is 327 g/mol. The molecule has 3 nitrogen and oxygen atoms in total. The van der Waals surface area contributed by atoms with E-state index in [2.05, 4.69) is 10.5 Å². The van der Waals surface area contributed by atoms with Crippen molar-refractivity contribution in [1.29, 1.82) is 0 Å². The molecule has 0 fully saturated rings. The number of nitrogens with zero attached hydrogens (tertiary/aromatic N) is 1. The molecule has 0 radical (unpaired) electrons. The molecule has 0 saturated heterocycles. The Hall–Kier alpha value is -1.36. The molecule has 1 N–H and O–H groups in total. The lowest BCUT2D eigenvalue weighted by atomic mass is 10.1. The summed E-state index contributed by atoms with van der Waals surface area (Å²) in [4.78, 5) is 12.7. The number of halogens is 2. The Kier molecular flexibility index (Phi) is 5.17. The summed E-state index contributed by atoms with van der Waals surface area (Å²) in [5, 5.41) is 4.71. The van der Waals surface area contributed by atoms with Gasteiger partial charge in [-0.25, -0.2) is 5.43 Å². The fourth-order valence-electron chi connectivity index (χ4n) is 1.54. The highest BCUT2D eigenvalue weighted by molar-refractivity contribution is 7.18. The van der Waals surface area contributed by atoms with Crippen molar-refractivity contribution in [2.45, 2.75) is 13.3 Å². The molecule has 2 rings (SSSR count). The number of nitrogens with one attached hydrogen (secondary N) is 1. The third kappa shape index (κ3) is 4.34. The van der Waals surface area contributed by atoms with E-state index in [1.54, 1.807) is 18.2 Å². The van der Waals surface area contributed by atoms with Gasteiger partial charge in [-0.1, -0.05) is 35.3 Å². The highest BCUT2D eigenvalue weighted by Gasteiger charge is 2.05. The Bertz CT molecular complexity index is 635. The Morgan fingerprint density at radius 1 is 1.20 bits per heavy atom. The number of carbonyl (C=O) groups excluding carboxylic acids is 1. The molecular weight excluding hydrogens is 315 g/mol. The number of benzene rings is 1. The molecule has 6 heteroatoms. The van der Waals surface area contributed by atoms with Crippen LogP contribution in [0, 0.1) is 0 Å². The van der Waals surface area contributed by atoms with Crippen molar-refractivity contribution in [3.8, 4) is 0 Å². The summed E-state index contributed by atoms with van der Waals surface area (Å²) in [5.74, 6) is -0.172. The maximum atomic E-state index is 11.8. The van der Waals surface area contributed by atoms with E-state index >= 15 is 0 Å². The monoisotopic (exact) mass is 326 g/mol. The zero-order valence-electron chi connectivity index (χ0n) is 10.7. The molecule has 1 heterocycles. The van der Waals surface area contributed by atoms with Gasteiger partial charge in [0.1, 0.15) is 0 Å². The van der Waals surface area contributed by atoms with Gasteiger partial charge in [-0.2, -0.15) is 5.10 Å². The van der Waals surface area contributed by atoms with Crippen molar-refractivity contribution in [1.82, 2.24) is 5.43 Å². The molecule has 2 aromatic rings. The lowest BCUT2D eigenvalue weighted by molar-refractivity contribution is -0.120. The van der Waals surface area contributed by atoms with E-state index in [0.717, 1.165) is 16.2 Å². The SMILES string of the molecule is CC(=NNC(=O)Cc1ccc(Cl)cc1)c1ccc(Cl)s1. The third-order valence-corrected chi connectivity index (χ3v) is 4.15. The second-order valence-corrected chi connectivity index (χ2v) is 6.29. The standard InChI is InChI=1S/C14H12Cl2N2OS/c1-9(12-6-7-13(16)20-12)17-18-14(19)8-10-2-4-11(15)5-3-10/h2-7H,8H2,1H3,(H,18,19). The van der Waals surface area contributed by atoms with Crippen LogP contribution in [0.2, 0.25) is 9.36 Å². The molecule has 0 saturated carbocycles. The Balaban J connectivity index is 1.93. The van der Waals surface area contributed by atoms with Crippen LogP contribution < -0.4 is 5.43 Å². The van der Waals surface area contributed by atoms with Crippen LogP contribution in [-0.2, 0) is 11.2 Å². The predicted octanol–water partition coefficient (Wildman–Crippen LogP) is 4.14. The van der Waals surface area contributed by atoms with E-state index < -0.39 is 0 Å². The summed E-state index contributed by atoms with van der Waals surface area (Å²) in [7, 11) is 0. The van der Waals surface area contributed by atoms with E-state index in [0.29, 0.717) is 9.36 Å². The normalized spacial score (nSPS) is 11.4. The van der Waals surface area contributed by atoms with Crippen LogP contribution in [0.25, 0.3) is 0 Å². The van der Waals surface area contributed by atoms with Crippen LogP contribution in [0.3, 0.4) is 0 Å². The number of thiophene rings is 1. The minimum atomic E-state index is -0.172. The van der Waals surface area contributed by atoms with Crippen LogP contribution in [0.5, 0.6) is 0 Å². The van der Waals surface area contributed by atoms with Gasteiger partial charge < -0.3 is 0 Å². The molecule has 1 aromatic heterocycles.